The Morgan fingerprint density at radius 3 is 2.11 bits per heavy atom. The van der Waals surface area contributed by atoms with Crippen molar-refractivity contribution in [3.63, 3.8) is 0 Å². The Hall–Kier alpha value is -4.21. The summed E-state index contributed by atoms with van der Waals surface area (Å²) >= 11 is 6.31. The van der Waals surface area contributed by atoms with Crippen LogP contribution in [0.5, 0.6) is 0 Å². The van der Waals surface area contributed by atoms with Gasteiger partial charge in [0.25, 0.3) is 10.0 Å². The van der Waals surface area contributed by atoms with E-state index in [0.717, 1.165) is 9.87 Å². The average Bonchev–Trinajstić information content (AvgIpc) is 2.99. The molecule has 0 aliphatic rings. The predicted octanol–water partition coefficient (Wildman–Crippen LogP) is 6.54. The fraction of sp³-hybridized carbons (Fsp3) is 0.257. The van der Waals surface area contributed by atoms with E-state index in [2.05, 4.69) is 5.32 Å². The molecule has 0 spiro atoms. The molecule has 0 saturated carbocycles. The molecule has 4 rings (SSSR count). The van der Waals surface area contributed by atoms with Crippen LogP contribution in [0.1, 0.15) is 37.5 Å². The highest BCUT2D eigenvalue weighted by Crippen LogP contribution is 2.30. The van der Waals surface area contributed by atoms with E-state index in [4.69, 9.17) is 11.6 Å². The van der Waals surface area contributed by atoms with Crippen molar-refractivity contribution in [2.24, 2.45) is 0 Å². The van der Waals surface area contributed by atoms with Crippen LogP contribution < -0.4 is 9.62 Å². The molecule has 0 aromatic heterocycles. The number of anilines is 1. The molecule has 10 heteroatoms. The molecule has 4 aromatic carbocycles. The van der Waals surface area contributed by atoms with Gasteiger partial charge < -0.3 is 10.2 Å². The topological polar surface area (TPSA) is 86.8 Å². The molecule has 0 aliphatic carbocycles. The van der Waals surface area contributed by atoms with E-state index in [1.807, 2.05) is 51.1 Å². The number of halogens is 2. The van der Waals surface area contributed by atoms with Gasteiger partial charge in [0.1, 0.15) is 18.4 Å². The largest absolute Gasteiger partial charge is 0.350 e. The van der Waals surface area contributed by atoms with Crippen LogP contribution in [0.4, 0.5) is 10.1 Å². The molecule has 0 radical (unpaired) electrons. The zero-order valence-corrected chi connectivity index (χ0v) is 27.3. The minimum absolute atomic E-state index is 0.0239. The number of aryl methyl sites for hydroxylation is 1. The minimum atomic E-state index is -4.28. The highest BCUT2D eigenvalue weighted by molar-refractivity contribution is 7.92. The number of carbonyl (C=O) groups excluding carboxylic acids is 2. The maximum Gasteiger partial charge on any atom is 0.264 e. The third-order valence-corrected chi connectivity index (χ3v) is 9.13. The molecule has 1 N–H and O–H groups in total. The first-order valence-corrected chi connectivity index (χ1v) is 16.3. The van der Waals surface area contributed by atoms with Gasteiger partial charge in [-0.1, -0.05) is 84.4 Å². The van der Waals surface area contributed by atoms with E-state index in [9.17, 15) is 18.0 Å². The Morgan fingerprint density at radius 2 is 1.49 bits per heavy atom. The summed E-state index contributed by atoms with van der Waals surface area (Å²) in [5.41, 5.74) is 1.10. The lowest BCUT2D eigenvalue weighted by Crippen LogP contribution is -2.56. The number of nitrogens with one attached hydrogen (secondary N) is 1. The highest BCUT2D eigenvalue weighted by atomic mass is 35.5. The van der Waals surface area contributed by atoms with Crippen molar-refractivity contribution >= 4 is 39.1 Å². The fourth-order valence-corrected chi connectivity index (χ4v) is 6.56. The summed E-state index contributed by atoms with van der Waals surface area (Å²) in [5, 5.41) is 3.24. The molecule has 0 aliphatic heterocycles. The molecule has 1 atom stereocenters. The Balaban J connectivity index is 1.85. The van der Waals surface area contributed by atoms with Crippen LogP contribution in [0.3, 0.4) is 0 Å². The van der Waals surface area contributed by atoms with Crippen molar-refractivity contribution in [2.75, 3.05) is 10.8 Å². The summed E-state index contributed by atoms with van der Waals surface area (Å²) in [6.07, 6.45) is 0.116. The lowest BCUT2D eigenvalue weighted by molar-refractivity contribution is -0.140. The quantitative estimate of drug-likeness (QED) is 0.200. The van der Waals surface area contributed by atoms with E-state index < -0.39 is 45.8 Å². The average molecular weight is 650 g/mol. The lowest BCUT2D eigenvalue weighted by atomic mass is 10.0. The lowest BCUT2D eigenvalue weighted by Gasteiger charge is -2.35. The Bertz CT molecular complexity index is 1750. The zero-order chi connectivity index (χ0) is 32.8. The van der Waals surface area contributed by atoms with Crippen molar-refractivity contribution in [2.45, 2.75) is 57.1 Å². The third kappa shape index (κ3) is 8.71. The van der Waals surface area contributed by atoms with Crippen LogP contribution in [-0.2, 0) is 32.6 Å². The van der Waals surface area contributed by atoms with Gasteiger partial charge in [0.15, 0.2) is 0 Å². The van der Waals surface area contributed by atoms with Crippen molar-refractivity contribution in [3.05, 3.63) is 131 Å². The van der Waals surface area contributed by atoms with Crippen molar-refractivity contribution < 1.29 is 22.4 Å². The molecule has 7 nitrogen and oxygen atoms in total. The van der Waals surface area contributed by atoms with E-state index in [0.29, 0.717) is 5.56 Å². The van der Waals surface area contributed by atoms with Crippen molar-refractivity contribution in [1.82, 2.24) is 10.2 Å². The maximum atomic E-state index is 15.1. The van der Waals surface area contributed by atoms with Gasteiger partial charge in [0.2, 0.25) is 11.8 Å². The first-order valence-electron chi connectivity index (χ1n) is 14.5. The first-order chi connectivity index (χ1) is 21.3. The second kappa shape index (κ2) is 14.3. The summed E-state index contributed by atoms with van der Waals surface area (Å²) in [5.74, 6) is -1.70. The van der Waals surface area contributed by atoms with Gasteiger partial charge in [-0.2, -0.15) is 0 Å². The van der Waals surface area contributed by atoms with Gasteiger partial charge in [-0.25, -0.2) is 12.8 Å². The molecule has 45 heavy (non-hydrogen) atoms. The van der Waals surface area contributed by atoms with E-state index >= 15 is 4.39 Å². The van der Waals surface area contributed by atoms with Crippen LogP contribution >= 0.6 is 11.6 Å². The summed E-state index contributed by atoms with van der Waals surface area (Å²) in [7, 11) is -4.28. The summed E-state index contributed by atoms with van der Waals surface area (Å²) in [6.45, 7) is 6.25. The van der Waals surface area contributed by atoms with Crippen LogP contribution in [-0.4, -0.2) is 43.3 Å². The Labute approximate surface area is 269 Å². The summed E-state index contributed by atoms with van der Waals surface area (Å²) < 4.78 is 44.3. The second-order valence-corrected chi connectivity index (χ2v) is 14.1. The van der Waals surface area contributed by atoms with Crippen LogP contribution in [0.2, 0.25) is 5.02 Å². The number of benzene rings is 4. The minimum Gasteiger partial charge on any atom is -0.350 e. The molecular formula is C35H37ClFN3O4S. The predicted molar refractivity (Wildman–Crippen MR) is 176 cm³/mol. The number of sulfonamides is 1. The van der Waals surface area contributed by atoms with Gasteiger partial charge in [-0.15, -0.1) is 0 Å². The summed E-state index contributed by atoms with van der Waals surface area (Å²) in [4.78, 5) is 29.7. The molecule has 0 bridgehead atoms. The normalized spacial score (nSPS) is 12.3. The number of amides is 2. The highest BCUT2D eigenvalue weighted by Gasteiger charge is 2.36. The van der Waals surface area contributed by atoms with Crippen LogP contribution in [0.15, 0.2) is 108 Å². The number of carbonyl (C=O) groups is 2. The molecule has 236 valence electrons. The number of hydrogen-bond acceptors (Lipinski definition) is 4. The number of rotatable bonds is 11. The monoisotopic (exact) mass is 649 g/mol. The Morgan fingerprint density at radius 1 is 0.889 bits per heavy atom. The summed E-state index contributed by atoms with van der Waals surface area (Å²) in [6, 6.07) is 26.6. The Kier molecular flexibility index (Phi) is 10.7. The number of nitrogens with zero attached hydrogens (tertiary/aromatic N) is 2. The first kappa shape index (κ1) is 33.7. The maximum absolute atomic E-state index is 15.1. The molecule has 2 amide bonds. The van der Waals surface area contributed by atoms with Gasteiger partial charge in [-0.05, 0) is 69.2 Å². The molecule has 0 fully saturated rings. The van der Waals surface area contributed by atoms with Gasteiger partial charge in [0, 0.05) is 29.1 Å². The molecular weight excluding hydrogens is 613 g/mol. The smallest absolute Gasteiger partial charge is 0.264 e. The van der Waals surface area contributed by atoms with Crippen molar-refractivity contribution in [1.29, 1.82) is 0 Å². The van der Waals surface area contributed by atoms with E-state index in [-0.39, 0.29) is 34.1 Å². The van der Waals surface area contributed by atoms with E-state index in [1.165, 1.54) is 41.3 Å². The zero-order valence-electron chi connectivity index (χ0n) is 25.7. The molecule has 0 heterocycles. The van der Waals surface area contributed by atoms with E-state index in [1.54, 1.807) is 43.3 Å². The standard InChI is InChI=1S/C35H37ClFN3O4S/c1-25-19-20-28(36)22-31(25)40(45(43,44)29-16-9-6-10-17-29)24-33(41)39(23-27-15-11-12-18-30(27)37)32(34(42)38-35(2,3)4)21-26-13-7-5-8-14-26/h5-20,22,32H,21,23-24H2,1-4H3,(H,38,42)/t32-/m1/s1. The van der Waals surface area contributed by atoms with Crippen molar-refractivity contribution in [3.8, 4) is 0 Å². The number of hydrogen-bond donors (Lipinski definition) is 1. The third-order valence-electron chi connectivity index (χ3n) is 7.12. The second-order valence-electron chi connectivity index (χ2n) is 11.8. The van der Waals surface area contributed by atoms with Gasteiger partial charge in [0.05, 0.1) is 10.6 Å². The molecule has 0 saturated heterocycles. The van der Waals surface area contributed by atoms with Gasteiger partial charge in [-0.3, -0.25) is 13.9 Å². The fourth-order valence-electron chi connectivity index (χ4n) is 4.90. The SMILES string of the molecule is Cc1ccc(Cl)cc1N(CC(=O)N(Cc1ccccc1F)[C@H](Cc1ccccc1)C(=O)NC(C)(C)C)S(=O)(=O)c1ccccc1. The van der Waals surface area contributed by atoms with Gasteiger partial charge >= 0.3 is 0 Å². The van der Waals surface area contributed by atoms with Crippen LogP contribution in [0.25, 0.3) is 0 Å². The molecule has 4 aromatic rings. The van der Waals surface area contributed by atoms with Crippen LogP contribution in [0, 0.1) is 12.7 Å². The molecule has 0 unspecified atom stereocenters.